The molecule has 2 fully saturated rings. The highest BCUT2D eigenvalue weighted by Crippen LogP contribution is 2.50. The average molecular weight is 637 g/mol. The van der Waals surface area contributed by atoms with E-state index in [0.29, 0.717) is 55.5 Å². The van der Waals surface area contributed by atoms with Crippen molar-refractivity contribution in [2.75, 3.05) is 20.3 Å². The summed E-state index contributed by atoms with van der Waals surface area (Å²) >= 11 is 12.8. The second kappa shape index (κ2) is 10.4. The highest BCUT2D eigenvalue weighted by molar-refractivity contribution is 6.36. The molecule has 0 saturated heterocycles. The lowest BCUT2D eigenvalue weighted by Gasteiger charge is -2.30. The molecule has 7 rings (SSSR count). The van der Waals surface area contributed by atoms with Gasteiger partial charge in [-0.1, -0.05) is 23.2 Å². The Kier molecular flexibility index (Phi) is 6.80. The molecule has 10 nitrogen and oxygen atoms in total. The summed E-state index contributed by atoms with van der Waals surface area (Å²) in [5.41, 5.74) is 5.89. The Morgan fingerprint density at radius 1 is 1.20 bits per heavy atom. The van der Waals surface area contributed by atoms with Crippen molar-refractivity contribution in [3.63, 3.8) is 0 Å². The molecule has 2 aliphatic carbocycles. The number of ether oxygens (including phenoxy) is 2. The third-order valence-electron chi connectivity index (χ3n) is 9.01. The fourth-order valence-electron chi connectivity index (χ4n) is 5.93. The van der Waals surface area contributed by atoms with Crippen molar-refractivity contribution < 1.29 is 24.2 Å². The van der Waals surface area contributed by atoms with E-state index in [-0.39, 0.29) is 30.7 Å². The lowest BCUT2D eigenvalue weighted by atomic mass is 9.81. The Morgan fingerprint density at radius 2 is 1.98 bits per heavy atom. The lowest BCUT2D eigenvalue weighted by Crippen LogP contribution is -2.44. The molecule has 44 heavy (non-hydrogen) atoms. The second-order valence-electron chi connectivity index (χ2n) is 12.2. The first-order valence-electron chi connectivity index (χ1n) is 14.5. The molecule has 2 amide bonds. The van der Waals surface area contributed by atoms with Crippen molar-refractivity contribution in [3.8, 4) is 22.8 Å². The van der Waals surface area contributed by atoms with Crippen LogP contribution in [-0.2, 0) is 15.8 Å². The maximum Gasteiger partial charge on any atom is 0.251 e. The molecule has 2 aromatic carbocycles. The first-order valence-corrected chi connectivity index (χ1v) is 15.3. The van der Waals surface area contributed by atoms with Gasteiger partial charge in [0.2, 0.25) is 5.91 Å². The monoisotopic (exact) mass is 635 g/mol. The zero-order chi connectivity index (χ0) is 31.0. The van der Waals surface area contributed by atoms with Gasteiger partial charge in [-0.2, -0.15) is 5.10 Å². The topological polar surface area (TPSA) is 142 Å². The Balaban J connectivity index is 1.26. The molecular formula is C32H31Cl2N5O5. The number of aliphatic hydroxyl groups is 1. The molecule has 4 aromatic rings. The summed E-state index contributed by atoms with van der Waals surface area (Å²) in [4.78, 5) is 31.1. The molecule has 0 radical (unpaired) electrons. The highest BCUT2D eigenvalue weighted by atomic mass is 35.5. The van der Waals surface area contributed by atoms with E-state index in [1.165, 1.54) is 0 Å². The van der Waals surface area contributed by atoms with Crippen LogP contribution >= 0.6 is 23.2 Å². The van der Waals surface area contributed by atoms with Crippen LogP contribution in [0, 0.1) is 5.92 Å². The Bertz CT molecular complexity index is 1850. The van der Waals surface area contributed by atoms with Gasteiger partial charge < -0.3 is 25.6 Å². The Labute approximate surface area is 263 Å². The van der Waals surface area contributed by atoms with Crippen LogP contribution in [-0.4, -0.2) is 51.9 Å². The van der Waals surface area contributed by atoms with E-state index in [1.807, 2.05) is 10.9 Å². The van der Waals surface area contributed by atoms with E-state index in [2.05, 4.69) is 10.4 Å². The van der Waals surface area contributed by atoms with Crippen molar-refractivity contribution in [2.45, 2.75) is 49.7 Å². The molecule has 0 unspecified atom stereocenters. The van der Waals surface area contributed by atoms with Crippen LogP contribution in [0.4, 0.5) is 0 Å². The van der Waals surface area contributed by atoms with Crippen LogP contribution in [0.3, 0.4) is 0 Å². The van der Waals surface area contributed by atoms with Gasteiger partial charge in [-0.25, -0.2) is 4.98 Å². The van der Waals surface area contributed by atoms with Gasteiger partial charge in [-0.15, -0.1) is 0 Å². The molecule has 0 spiro atoms. The number of nitrogens with one attached hydrogen (secondary N) is 1. The van der Waals surface area contributed by atoms with Crippen LogP contribution in [0.1, 0.15) is 60.3 Å². The fraction of sp³-hybridized carbons (Fsp3) is 0.375. The summed E-state index contributed by atoms with van der Waals surface area (Å²) in [5, 5.41) is 21.4. The predicted octanol–water partition coefficient (Wildman–Crippen LogP) is 4.91. The summed E-state index contributed by atoms with van der Waals surface area (Å²) in [7, 11) is 1.55. The number of hydrogen-bond acceptors (Lipinski definition) is 7. The number of aromatic nitrogens is 3. The summed E-state index contributed by atoms with van der Waals surface area (Å²) in [5.74, 6) is -0.249. The SMILES string of the molecule is COc1cc(C(=O)NC[C@](O)(c2cc3c(c(-c4ccc(Cl)cc4Cl)n2)OC[C@]3(C)C(N)=O)C2CC2)cc2cn(C3CC3)nc12. The van der Waals surface area contributed by atoms with E-state index in [0.717, 1.165) is 31.1 Å². The van der Waals surface area contributed by atoms with Gasteiger partial charge >= 0.3 is 0 Å². The van der Waals surface area contributed by atoms with Crippen LogP contribution in [0.5, 0.6) is 11.5 Å². The number of nitrogens with two attached hydrogens (primary N) is 1. The smallest absolute Gasteiger partial charge is 0.251 e. The van der Waals surface area contributed by atoms with E-state index in [9.17, 15) is 14.7 Å². The van der Waals surface area contributed by atoms with Crippen molar-refractivity contribution in [2.24, 2.45) is 11.7 Å². The van der Waals surface area contributed by atoms with Crippen molar-refractivity contribution in [1.82, 2.24) is 20.1 Å². The standard InChI is InChI=1S/C32H31Cl2N5O5/c1-31(30(35)41)15-44-28-22(31)12-25(37-27(28)21-8-5-19(33)11-23(21)34)32(42,18-3-4-18)14-36-29(40)16-9-17-13-39(20-6-7-20)38-26(17)24(10-16)43-2/h5,8-13,18,20,42H,3-4,6-7,14-15H2,1-2H3,(H2,35,41)(H,36,40)/t31-,32+/m0/s1. The minimum Gasteiger partial charge on any atom is -0.494 e. The van der Waals surface area contributed by atoms with E-state index in [4.69, 9.17) is 43.4 Å². The number of carbonyl (C=O) groups excluding carboxylic acids is 2. The van der Waals surface area contributed by atoms with Gasteiger partial charge in [-0.05, 0) is 74.9 Å². The molecule has 2 atom stereocenters. The molecule has 3 aliphatic rings. The molecular weight excluding hydrogens is 605 g/mol. The fourth-order valence-corrected chi connectivity index (χ4v) is 6.43. The van der Waals surface area contributed by atoms with Crippen molar-refractivity contribution in [3.05, 3.63) is 69.5 Å². The van der Waals surface area contributed by atoms with Gasteiger partial charge in [0, 0.05) is 33.3 Å². The lowest BCUT2D eigenvalue weighted by molar-refractivity contribution is -0.123. The maximum absolute atomic E-state index is 13.5. The number of benzene rings is 2. The van der Waals surface area contributed by atoms with E-state index in [1.54, 1.807) is 50.4 Å². The largest absolute Gasteiger partial charge is 0.494 e. The molecule has 2 saturated carbocycles. The van der Waals surface area contributed by atoms with Crippen LogP contribution in [0.15, 0.2) is 42.6 Å². The number of rotatable bonds is 9. The summed E-state index contributed by atoms with van der Waals surface area (Å²) < 4.78 is 13.5. The van der Waals surface area contributed by atoms with Crippen molar-refractivity contribution >= 4 is 45.9 Å². The third kappa shape index (κ3) is 4.76. The third-order valence-corrected chi connectivity index (χ3v) is 9.56. The van der Waals surface area contributed by atoms with Crippen LogP contribution < -0.4 is 20.5 Å². The number of primary amides is 1. The van der Waals surface area contributed by atoms with E-state index >= 15 is 0 Å². The molecule has 2 aromatic heterocycles. The van der Waals surface area contributed by atoms with Gasteiger partial charge in [0.15, 0.2) is 0 Å². The Morgan fingerprint density at radius 3 is 2.64 bits per heavy atom. The quantitative estimate of drug-likeness (QED) is 0.237. The van der Waals surface area contributed by atoms with Gasteiger partial charge in [0.05, 0.1) is 30.4 Å². The number of halogens is 2. The van der Waals surface area contributed by atoms with Gasteiger partial charge in [0.25, 0.3) is 5.91 Å². The van der Waals surface area contributed by atoms with E-state index < -0.39 is 16.9 Å². The first-order chi connectivity index (χ1) is 21.0. The maximum atomic E-state index is 13.5. The average Bonchev–Trinajstić information content (AvgIpc) is 3.94. The van der Waals surface area contributed by atoms with Crippen molar-refractivity contribution in [1.29, 1.82) is 0 Å². The zero-order valence-electron chi connectivity index (χ0n) is 24.2. The molecule has 228 valence electrons. The number of fused-ring (bicyclic) bond motifs is 2. The second-order valence-corrected chi connectivity index (χ2v) is 13.0. The molecule has 0 bridgehead atoms. The number of amides is 2. The zero-order valence-corrected chi connectivity index (χ0v) is 25.7. The van der Waals surface area contributed by atoms with Gasteiger partial charge in [-0.3, -0.25) is 14.3 Å². The number of nitrogens with zero attached hydrogens (tertiary/aromatic N) is 3. The van der Waals surface area contributed by atoms with Gasteiger partial charge in [0.1, 0.15) is 40.3 Å². The minimum atomic E-state index is -1.55. The number of hydrogen-bond donors (Lipinski definition) is 3. The molecule has 12 heteroatoms. The normalized spacial score (nSPS) is 20.6. The molecule has 1 aliphatic heterocycles. The molecule has 3 heterocycles. The van der Waals surface area contributed by atoms with Crippen LogP contribution in [0.25, 0.3) is 22.2 Å². The summed E-state index contributed by atoms with van der Waals surface area (Å²) in [6.45, 7) is 1.60. The summed E-state index contributed by atoms with van der Waals surface area (Å²) in [6.07, 6.45) is 5.58. The number of pyridine rings is 1. The molecule has 4 N–H and O–H groups in total. The highest BCUT2D eigenvalue weighted by Gasteiger charge is 2.50. The Hall–Kier alpha value is -3.86. The summed E-state index contributed by atoms with van der Waals surface area (Å²) in [6, 6.07) is 10.5. The minimum absolute atomic E-state index is 0.0151. The number of carbonyl (C=O) groups is 2. The van der Waals surface area contributed by atoms with Crippen LogP contribution in [0.2, 0.25) is 10.0 Å². The first kappa shape index (κ1) is 28.9. The predicted molar refractivity (Wildman–Crippen MR) is 165 cm³/mol. The number of methoxy groups -OCH3 is 1.